The first-order valence-electron chi connectivity index (χ1n) is 7.98. The van der Waals surface area contributed by atoms with Gasteiger partial charge in [0.05, 0.1) is 0 Å². The van der Waals surface area contributed by atoms with Gasteiger partial charge in [0, 0.05) is 39.3 Å². The fourth-order valence-corrected chi connectivity index (χ4v) is 2.81. The average molecular weight is 276 g/mol. The van der Waals surface area contributed by atoms with Crippen molar-refractivity contribution in [1.29, 1.82) is 0 Å². The first-order valence-corrected chi connectivity index (χ1v) is 7.98. The van der Waals surface area contributed by atoms with Gasteiger partial charge in [-0.1, -0.05) is 43.2 Å². The number of unbranched alkanes of at least 4 members (excludes halogenated alkanes) is 3. The third-order valence-corrected chi connectivity index (χ3v) is 4.10. The van der Waals surface area contributed by atoms with Crippen LogP contribution in [0.15, 0.2) is 30.3 Å². The summed E-state index contributed by atoms with van der Waals surface area (Å²) in [5, 5.41) is 8.75. The minimum absolute atomic E-state index is 0.345. The maximum absolute atomic E-state index is 8.75. The molecule has 1 N–H and O–H groups in total. The van der Waals surface area contributed by atoms with Gasteiger partial charge in [-0.2, -0.15) is 0 Å². The highest BCUT2D eigenvalue weighted by Gasteiger charge is 2.16. The van der Waals surface area contributed by atoms with Crippen LogP contribution in [0.25, 0.3) is 0 Å². The summed E-state index contributed by atoms with van der Waals surface area (Å²) < 4.78 is 0. The molecular weight excluding hydrogens is 248 g/mol. The lowest BCUT2D eigenvalue weighted by Gasteiger charge is -2.34. The van der Waals surface area contributed by atoms with Crippen LogP contribution in [0.4, 0.5) is 0 Å². The summed E-state index contributed by atoms with van der Waals surface area (Å²) in [4.78, 5) is 5.14. The summed E-state index contributed by atoms with van der Waals surface area (Å²) >= 11 is 0. The second-order valence-corrected chi connectivity index (χ2v) is 5.74. The van der Waals surface area contributed by atoms with Crippen molar-refractivity contribution in [2.24, 2.45) is 0 Å². The molecule has 0 bridgehead atoms. The van der Waals surface area contributed by atoms with E-state index < -0.39 is 0 Å². The second-order valence-electron chi connectivity index (χ2n) is 5.74. The van der Waals surface area contributed by atoms with Gasteiger partial charge in [-0.25, -0.2) is 0 Å². The van der Waals surface area contributed by atoms with E-state index in [9.17, 15) is 0 Å². The van der Waals surface area contributed by atoms with E-state index in [1.54, 1.807) is 0 Å². The monoisotopic (exact) mass is 276 g/mol. The molecule has 112 valence electrons. The first-order chi connectivity index (χ1) is 9.88. The summed E-state index contributed by atoms with van der Waals surface area (Å²) in [5.41, 5.74) is 1.42. The van der Waals surface area contributed by atoms with E-state index in [-0.39, 0.29) is 0 Å². The predicted octanol–water partition coefficient (Wildman–Crippen LogP) is 2.36. The number of piperazine rings is 1. The Hall–Kier alpha value is -0.900. The van der Waals surface area contributed by atoms with E-state index in [0.29, 0.717) is 6.61 Å². The Morgan fingerprint density at radius 2 is 1.45 bits per heavy atom. The molecule has 20 heavy (non-hydrogen) atoms. The number of rotatable bonds is 8. The zero-order chi connectivity index (χ0) is 14.0. The fraction of sp³-hybridized carbons (Fsp3) is 0.647. The Bertz CT molecular complexity index is 347. The van der Waals surface area contributed by atoms with Crippen molar-refractivity contribution in [3.63, 3.8) is 0 Å². The summed E-state index contributed by atoms with van der Waals surface area (Å²) in [6.07, 6.45) is 4.67. The highest BCUT2D eigenvalue weighted by Crippen LogP contribution is 2.09. The van der Waals surface area contributed by atoms with Crippen molar-refractivity contribution >= 4 is 0 Å². The molecule has 1 heterocycles. The molecule has 0 aliphatic carbocycles. The third-order valence-electron chi connectivity index (χ3n) is 4.10. The molecule has 1 aromatic rings. The first kappa shape index (κ1) is 15.5. The van der Waals surface area contributed by atoms with Gasteiger partial charge in [-0.15, -0.1) is 0 Å². The predicted molar refractivity (Wildman–Crippen MR) is 83.7 cm³/mol. The van der Waals surface area contributed by atoms with Gasteiger partial charge < -0.3 is 10.0 Å². The third kappa shape index (κ3) is 5.61. The van der Waals surface area contributed by atoms with Crippen LogP contribution in [0.1, 0.15) is 31.2 Å². The summed E-state index contributed by atoms with van der Waals surface area (Å²) in [6.45, 7) is 7.44. The van der Waals surface area contributed by atoms with Crippen molar-refractivity contribution in [2.75, 3.05) is 39.3 Å². The fourth-order valence-electron chi connectivity index (χ4n) is 2.81. The van der Waals surface area contributed by atoms with Crippen LogP contribution < -0.4 is 0 Å². The van der Waals surface area contributed by atoms with Gasteiger partial charge in [0.25, 0.3) is 0 Å². The largest absolute Gasteiger partial charge is 0.396 e. The molecule has 1 aliphatic heterocycles. The van der Waals surface area contributed by atoms with Crippen LogP contribution in [0.2, 0.25) is 0 Å². The van der Waals surface area contributed by atoms with E-state index >= 15 is 0 Å². The number of benzene rings is 1. The van der Waals surface area contributed by atoms with E-state index in [1.807, 2.05) is 0 Å². The van der Waals surface area contributed by atoms with Crippen molar-refractivity contribution < 1.29 is 5.11 Å². The SMILES string of the molecule is OCCCCCCN1CCN(Cc2ccccc2)CC1. The zero-order valence-electron chi connectivity index (χ0n) is 12.5. The minimum Gasteiger partial charge on any atom is -0.396 e. The van der Waals surface area contributed by atoms with Crippen molar-refractivity contribution in [3.05, 3.63) is 35.9 Å². The molecule has 0 radical (unpaired) electrons. The quantitative estimate of drug-likeness (QED) is 0.738. The average Bonchev–Trinajstić information content (AvgIpc) is 2.50. The minimum atomic E-state index is 0.345. The summed E-state index contributed by atoms with van der Waals surface area (Å²) in [6, 6.07) is 10.8. The highest BCUT2D eigenvalue weighted by molar-refractivity contribution is 5.14. The Labute approximate surface area is 123 Å². The number of nitrogens with zero attached hydrogens (tertiary/aromatic N) is 2. The van der Waals surface area contributed by atoms with Gasteiger partial charge >= 0.3 is 0 Å². The molecule has 0 aromatic heterocycles. The van der Waals surface area contributed by atoms with Gasteiger partial charge in [-0.05, 0) is 24.9 Å². The van der Waals surface area contributed by atoms with E-state index in [0.717, 1.165) is 13.0 Å². The normalized spacial score (nSPS) is 17.4. The number of hydrogen-bond acceptors (Lipinski definition) is 3. The zero-order valence-corrected chi connectivity index (χ0v) is 12.5. The molecule has 1 saturated heterocycles. The van der Waals surface area contributed by atoms with Gasteiger partial charge in [0.2, 0.25) is 0 Å². The van der Waals surface area contributed by atoms with Crippen molar-refractivity contribution in [1.82, 2.24) is 9.80 Å². The summed E-state index contributed by atoms with van der Waals surface area (Å²) in [7, 11) is 0. The molecule has 1 fully saturated rings. The Morgan fingerprint density at radius 1 is 0.800 bits per heavy atom. The molecular formula is C17H28N2O. The molecule has 0 saturated carbocycles. The maximum Gasteiger partial charge on any atom is 0.0431 e. The molecule has 3 nitrogen and oxygen atoms in total. The van der Waals surface area contributed by atoms with Crippen LogP contribution in [0, 0.1) is 0 Å². The number of aliphatic hydroxyl groups excluding tert-OH is 1. The van der Waals surface area contributed by atoms with Crippen LogP contribution in [0.5, 0.6) is 0 Å². The van der Waals surface area contributed by atoms with Crippen LogP contribution in [0.3, 0.4) is 0 Å². The van der Waals surface area contributed by atoms with Gasteiger partial charge in [0.15, 0.2) is 0 Å². The maximum atomic E-state index is 8.75. The van der Waals surface area contributed by atoms with Gasteiger partial charge in [0.1, 0.15) is 0 Å². The molecule has 3 heteroatoms. The number of hydrogen-bond donors (Lipinski definition) is 1. The molecule has 0 unspecified atom stereocenters. The molecule has 1 aliphatic rings. The van der Waals surface area contributed by atoms with E-state index in [1.165, 1.54) is 57.5 Å². The second kappa shape index (κ2) is 9.11. The molecule has 2 rings (SSSR count). The van der Waals surface area contributed by atoms with Gasteiger partial charge in [-0.3, -0.25) is 4.90 Å². The van der Waals surface area contributed by atoms with Crippen LogP contribution in [-0.4, -0.2) is 54.2 Å². The lowest BCUT2D eigenvalue weighted by molar-refractivity contribution is 0.125. The topological polar surface area (TPSA) is 26.7 Å². The smallest absolute Gasteiger partial charge is 0.0431 e. The lowest BCUT2D eigenvalue weighted by Crippen LogP contribution is -2.46. The van der Waals surface area contributed by atoms with Crippen molar-refractivity contribution in [2.45, 2.75) is 32.2 Å². The molecule has 0 amide bonds. The summed E-state index contributed by atoms with van der Waals surface area (Å²) in [5.74, 6) is 0. The Kier molecular flexibility index (Phi) is 7.06. The van der Waals surface area contributed by atoms with E-state index in [2.05, 4.69) is 40.1 Å². The lowest BCUT2D eigenvalue weighted by atomic mass is 10.1. The number of aliphatic hydroxyl groups is 1. The van der Waals surface area contributed by atoms with E-state index in [4.69, 9.17) is 5.11 Å². The Balaban J connectivity index is 1.58. The Morgan fingerprint density at radius 3 is 2.15 bits per heavy atom. The van der Waals surface area contributed by atoms with Crippen molar-refractivity contribution in [3.8, 4) is 0 Å². The van der Waals surface area contributed by atoms with Crippen LogP contribution >= 0.6 is 0 Å². The van der Waals surface area contributed by atoms with Crippen LogP contribution in [-0.2, 0) is 6.54 Å². The standard InChI is InChI=1S/C17H28N2O/c20-15-7-2-1-6-10-18-11-13-19(14-12-18)16-17-8-4-3-5-9-17/h3-5,8-9,20H,1-2,6-7,10-16H2. The molecule has 0 spiro atoms. The molecule has 0 atom stereocenters. The molecule has 1 aromatic carbocycles. The highest BCUT2D eigenvalue weighted by atomic mass is 16.2.